The zero-order valence-corrected chi connectivity index (χ0v) is 16.1. The molecule has 0 aliphatic rings. The molecule has 0 spiro atoms. The third-order valence-electron chi connectivity index (χ3n) is 3.73. The van der Waals surface area contributed by atoms with Crippen LogP contribution >= 0.6 is 0 Å². The van der Waals surface area contributed by atoms with E-state index in [-0.39, 0.29) is 36.6 Å². The van der Waals surface area contributed by atoms with Crippen molar-refractivity contribution in [2.75, 3.05) is 47.1 Å². The maximum Gasteiger partial charge on any atom is 0.273 e. The van der Waals surface area contributed by atoms with Crippen LogP contribution in [0.4, 0.5) is 0 Å². The zero-order valence-electron chi connectivity index (χ0n) is 16.1. The fraction of sp³-hybridized carbons (Fsp3) is 0.421. The number of carbonyl (C=O) groups excluding carboxylic acids is 2. The second-order valence-corrected chi connectivity index (χ2v) is 5.79. The van der Waals surface area contributed by atoms with Crippen LogP contribution < -0.4 is 10.1 Å². The minimum absolute atomic E-state index is 0.103. The van der Waals surface area contributed by atoms with E-state index in [1.54, 1.807) is 26.4 Å². The number of nitrogens with one attached hydrogen (secondary N) is 1. The predicted octanol–water partition coefficient (Wildman–Crippen LogP) is 1.10. The Morgan fingerprint density at radius 3 is 2.61 bits per heavy atom. The van der Waals surface area contributed by atoms with Crippen LogP contribution in [0.15, 0.2) is 41.0 Å². The van der Waals surface area contributed by atoms with Crippen molar-refractivity contribution in [3.8, 4) is 5.75 Å². The van der Waals surface area contributed by atoms with Gasteiger partial charge in [-0.3, -0.25) is 9.59 Å². The molecule has 2 aromatic rings. The molecule has 0 atom stereocenters. The van der Waals surface area contributed by atoms with Crippen molar-refractivity contribution in [3.63, 3.8) is 0 Å². The Morgan fingerprint density at radius 1 is 1.14 bits per heavy atom. The van der Waals surface area contributed by atoms with E-state index in [0.29, 0.717) is 32.1 Å². The summed E-state index contributed by atoms with van der Waals surface area (Å²) in [5.74, 6) is 0.245. The summed E-state index contributed by atoms with van der Waals surface area (Å²) in [7, 11) is 3.10. The van der Waals surface area contributed by atoms with Crippen molar-refractivity contribution in [2.24, 2.45) is 0 Å². The molecule has 0 saturated heterocycles. The number of oxazole rings is 1. The van der Waals surface area contributed by atoms with Crippen LogP contribution in [0.1, 0.15) is 16.4 Å². The second-order valence-electron chi connectivity index (χ2n) is 5.79. The van der Waals surface area contributed by atoms with Crippen LogP contribution in [-0.2, 0) is 20.8 Å². The minimum atomic E-state index is -0.366. The van der Waals surface area contributed by atoms with Gasteiger partial charge in [0.1, 0.15) is 12.0 Å². The average Bonchev–Trinajstić information content (AvgIpc) is 3.19. The van der Waals surface area contributed by atoms with Crippen LogP contribution in [0, 0.1) is 0 Å². The van der Waals surface area contributed by atoms with Crippen LogP contribution in [0.5, 0.6) is 5.75 Å². The van der Waals surface area contributed by atoms with Crippen LogP contribution in [-0.4, -0.2) is 68.8 Å². The van der Waals surface area contributed by atoms with E-state index in [0.717, 1.165) is 0 Å². The van der Waals surface area contributed by atoms with Crippen molar-refractivity contribution in [2.45, 2.75) is 6.54 Å². The van der Waals surface area contributed by atoms with Crippen LogP contribution in [0.2, 0.25) is 0 Å². The summed E-state index contributed by atoms with van der Waals surface area (Å²) in [6.45, 7) is 1.43. The monoisotopic (exact) mass is 391 g/mol. The molecule has 0 saturated carbocycles. The number of hydrogen-bond donors (Lipinski definition) is 1. The van der Waals surface area contributed by atoms with Gasteiger partial charge in [-0.1, -0.05) is 18.2 Å². The van der Waals surface area contributed by atoms with E-state index >= 15 is 0 Å². The molecule has 0 unspecified atom stereocenters. The number of benzene rings is 1. The van der Waals surface area contributed by atoms with Crippen LogP contribution in [0.25, 0.3) is 0 Å². The van der Waals surface area contributed by atoms with Gasteiger partial charge in [0, 0.05) is 27.3 Å². The number of para-hydroxylation sites is 1. The Labute approximate surface area is 163 Å². The van der Waals surface area contributed by atoms with Gasteiger partial charge in [0.25, 0.3) is 11.8 Å². The maximum atomic E-state index is 12.5. The summed E-state index contributed by atoms with van der Waals surface area (Å²) in [5.41, 5.74) is 0.144. The number of rotatable bonds is 12. The Balaban J connectivity index is 1.93. The predicted molar refractivity (Wildman–Crippen MR) is 99.9 cm³/mol. The van der Waals surface area contributed by atoms with Gasteiger partial charge in [-0.15, -0.1) is 0 Å². The summed E-state index contributed by atoms with van der Waals surface area (Å²) in [6.07, 6.45) is 1.26. The Hall–Kier alpha value is -2.91. The number of ether oxygens (including phenoxy) is 3. The molecule has 9 heteroatoms. The molecule has 1 aromatic carbocycles. The highest BCUT2D eigenvalue weighted by atomic mass is 16.5. The number of methoxy groups -OCH3 is 2. The molecule has 0 radical (unpaired) electrons. The van der Waals surface area contributed by atoms with E-state index in [1.807, 2.05) is 18.2 Å². The summed E-state index contributed by atoms with van der Waals surface area (Å²) in [5, 5.41) is 2.66. The number of aromatic nitrogens is 1. The van der Waals surface area contributed by atoms with Gasteiger partial charge in [-0.2, -0.15) is 0 Å². The van der Waals surface area contributed by atoms with Gasteiger partial charge in [0.15, 0.2) is 12.3 Å². The smallest absolute Gasteiger partial charge is 0.273 e. The lowest BCUT2D eigenvalue weighted by atomic mass is 10.3. The topological polar surface area (TPSA) is 103 Å². The van der Waals surface area contributed by atoms with E-state index in [1.165, 1.54) is 11.2 Å². The first kappa shape index (κ1) is 21.4. The van der Waals surface area contributed by atoms with Crippen LogP contribution in [0.3, 0.4) is 0 Å². The van der Waals surface area contributed by atoms with Gasteiger partial charge >= 0.3 is 0 Å². The molecule has 2 amide bonds. The Bertz CT molecular complexity index is 734. The molecule has 2 rings (SSSR count). The number of hydrogen-bond acceptors (Lipinski definition) is 7. The zero-order chi connectivity index (χ0) is 20.2. The quantitative estimate of drug-likeness (QED) is 0.541. The first-order valence-corrected chi connectivity index (χ1v) is 8.80. The molecule has 28 heavy (non-hydrogen) atoms. The van der Waals surface area contributed by atoms with Gasteiger partial charge < -0.3 is 28.8 Å². The molecule has 0 fully saturated rings. The van der Waals surface area contributed by atoms with Gasteiger partial charge in [-0.25, -0.2) is 4.98 Å². The fourth-order valence-corrected chi connectivity index (χ4v) is 2.25. The third kappa shape index (κ3) is 7.01. The standard InChI is InChI=1S/C19H25N3O6/c1-25-10-8-20-19(24)16-13-28-17(21-16)12-22(9-11-26-2)18(23)14-27-15-6-4-3-5-7-15/h3-7,13H,8-12,14H2,1-2H3,(H,20,24). The molecule has 1 heterocycles. The van der Waals surface area contributed by atoms with Gasteiger partial charge in [0.2, 0.25) is 5.89 Å². The van der Waals surface area contributed by atoms with Crippen molar-refractivity contribution < 1.29 is 28.2 Å². The lowest BCUT2D eigenvalue weighted by Crippen LogP contribution is -2.37. The van der Waals surface area contributed by atoms with Gasteiger partial charge in [-0.05, 0) is 12.1 Å². The van der Waals surface area contributed by atoms with Crippen molar-refractivity contribution >= 4 is 11.8 Å². The van der Waals surface area contributed by atoms with Gasteiger partial charge in [0.05, 0.1) is 19.8 Å². The van der Waals surface area contributed by atoms with Crippen molar-refractivity contribution in [1.82, 2.24) is 15.2 Å². The minimum Gasteiger partial charge on any atom is -0.484 e. The van der Waals surface area contributed by atoms with E-state index in [4.69, 9.17) is 18.6 Å². The molecule has 0 aliphatic heterocycles. The molecule has 152 valence electrons. The van der Waals surface area contributed by atoms with Crippen molar-refractivity contribution in [1.29, 1.82) is 0 Å². The molecule has 0 aliphatic carbocycles. The molecule has 9 nitrogen and oxygen atoms in total. The summed E-state index contributed by atoms with van der Waals surface area (Å²) in [4.78, 5) is 30.1. The first-order chi connectivity index (χ1) is 13.6. The highest BCUT2D eigenvalue weighted by Crippen LogP contribution is 2.10. The molecular formula is C19H25N3O6. The molecule has 1 N–H and O–H groups in total. The highest BCUT2D eigenvalue weighted by Gasteiger charge is 2.19. The first-order valence-electron chi connectivity index (χ1n) is 8.80. The third-order valence-corrected chi connectivity index (χ3v) is 3.73. The summed E-state index contributed by atoms with van der Waals surface area (Å²) >= 11 is 0. The molecule has 0 bridgehead atoms. The molecular weight excluding hydrogens is 366 g/mol. The summed E-state index contributed by atoms with van der Waals surface area (Å²) < 4.78 is 20.8. The Kier molecular flexibility index (Phi) is 8.96. The highest BCUT2D eigenvalue weighted by molar-refractivity contribution is 5.91. The normalized spacial score (nSPS) is 10.5. The number of amides is 2. The largest absolute Gasteiger partial charge is 0.484 e. The Morgan fingerprint density at radius 2 is 1.89 bits per heavy atom. The average molecular weight is 391 g/mol. The summed E-state index contributed by atoms with van der Waals surface area (Å²) in [6, 6.07) is 9.07. The SMILES string of the molecule is COCCNC(=O)c1coc(CN(CCOC)C(=O)COc2ccccc2)n1. The second kappa shape index (κ2) is 11.7. The van der Waals surface area contributed by atoms with E-state index < -0.39 is 0 Å². The lowest BCUT2D eigenvalue weighted by molar-refractivity contribution is -0.135. The number of nitrogens with zero attached hydrogens (tertiary/aromatic N) is 2. The fourth-order valence-electron chi connectivity index (χ4n) is 2.25. The molecule has 1 aromatic heterocycles. The maximum absolute atomic E-state index is 12.5. The van der Waals surface area contributed by atoms with E-state index in [9.17, 15) is 9.59 Å². The van der Waals surface area contributed by atoms with Crippen molar-refractivity contribution in [3.05, 3.63) is 48.2 Å². The number of carbonyl (C=O) groups is 2. The van der Waals surface area contributed by atoms with E-state index in [2.05, 4.69) is 10.3 Å². The lowest BCUT2D eigenvalue weighted by Gasteiger charge is -2.20.